The largest absolute Gasteiger partial charge is 0.435 e. The van der Waals surface area contributed by atoms with Gasteiger partial charge in [0.1, 0.15) is 5.75 Å². The molecule has 0 heterocycles. The van der Waals surface area contributed by atoms with Crippen molar-refractivity contribution in [3.63, 3.8) is 0 Å². The van der Waals surface area contributed by atoms with Crippen molar-refractivity contribution in [2.45, 2.75) is 25.8 Å². The van der Waals surface area contributed by atoms with Crippen molar-refractivity contribution in [1.82, 2.24) is 0 Å². The van der Waals surface area contributed by atoms with E-state index in [2.05, 4.69) is 20.7 Å². The van der Waals surface area contributed by atoms with Gasteiger partial charge in [-0.25, -0.2) is 0 Å². The average Bonchev–Trinajstić information content (AvgIpc) is 2.42. The van der Waals surface area contributed by atoms with Gasteiger partial charge in [0.25, 0.3) is 0 Å². The van der Waals surface area contributed by atoms with Gasteiger partial charge in [0.05, 0.1) is 5.38 Å². The number of hydrogen-bond donors (Lipinski definition) is 0. The van der Waals surface area contributed by atoms with Crippen LogP contribution in [0.4, 0.5) is 8.78 Å². The standard InChI is InChI=1S/C16H14BrClF2O/c1-9-8-14(17)10(2)7-13(9)15(18)11-3-5-12(6-4-11)21-16(19)20/h3-8,15-16H,1-2H3. The Balaban J connectivity index is 2.27. The molecule has 0 radical (unpaired) electrons. The van der Waals surface area contributed by atoms with Gasteiger partial charge in [0.15, 0.2) is 0 Å². The van der Waals surface area contributed by atoms with E-state index in [0.29, 0.717) is 0 Å². The molecule has 1 atom stereocenters. The molecule has 0 saturated heterocycles. The van der Waals surface area contributed by atoms with Crippen molar-refractivity contribution in [3.05, 3.63) is 63.1 Å². The maximum Gasteiger partial charge on any atom is 0.387 e. The Morgan fingerprint density at radius 3 is 2.24 bits per heavy atom. The van der Waals surface area contributed by atoms with E-state index in [9.17, 15) is 8.78 Å². The van der Waals surface area contributed by atoms with Crippen LogP contribution < -0.4 is 4.74 Å². The highest BCUT2D eigenvalue weighted by Gasteiger charge is 2.15. The Bertz CT molecular complexity index is 629. The molecule has 0 aliphatic heterocycles. The van der Waals surface area contributed by atoms with Crippen molar-refractivity contribution in [3.8, 4) is 5.75 Å². The van der Waals surface area contributed by atoms with Crippen LogP contribution in [0.3, 0.4) is 0 Å². The second kappa shape index (κ2) is 6.75. The van der Waals surface area contributed by atoms with Gasteiger partial charge in [-0.3, -0.25) is 0 Å². The van der Waals surface area contributed by atoms with Gasteiger partial charge in [0.2, 0.25) is 0 Å². The zero-order valence-corrected chi connectivity index (χ0v) is 13.9. The summed E-state index contributed by atoms with van der Waals surface area (Å²) in [5.74, 6) is 0.126. The summed E-state index contributed by atoms with van der Waals surface area (Å²) in [6.45, 7) is 1.17. The van der Waals surface area contributed by atoms with Gasteiger partial charge in [-0.1, -0.05) is 34.1 Å². The Morgan fingerprint density at radius 2 is 1.67 bits per heavy atom. The molecular formula is C16H14BrClF2O. The summed E-state index contributed by atoms with van der Waals surface area (Å²) >= 11 is 10.0. The Hall–Kier alpha value is -1.13. The smallest absolute Gasteiger partial charge is 0.387 e. The average molecular weight is 376 g/mol. The molecule has 21 heavy (non-hydrogen) atoms. The first-order valence-electron chi connectivity index (χ1n) is 6.34. The minimum atomic E-state index is -2.82. The molecular weight excluding hydrogens is 362 g/mol. The van der Waals surface area contributed by atoms with E-state index in [0.717, 1.165) is 26.7 Å². The first-order chi connectivity index (χ1) is 9.88. The van der Waals surface area contributed by atoms with E-state index >= 15 is 0 Å². The fourth-order valence-corrected chi connectivity index (χ4v) is 2.91. The predicted molar refractivity (Wildman–Crippen MR) is 84.4 cm³/mol. The number of halogens is 4. The molecule has 1 unspecified atom stereocenters. The third-order valence-corrected chi connectivity index (χ3v) is 4.56. The number of aryl methyl sites for hydroxylation is 2. The van der Waals surface area contributed by atoms with E-state index in [1.165, 1.54) is 12.1 Å². The zero-order valence-electron chi connectivity index (χ0n) is 11.5. The maximum absolute atomic E-state index is 12.1. The highest BCUT2D eigenvalue weighted by atomic mass is 79.9. The van der Waals surface area contributed by atoms with Crippen LogP contribution in [0.15, 0.2) is 40.9 Å². The van der Waals surface area contributed by atoms with Crippen LogP contribution in [-0.2, 0) is 0 Å². The third kappa shape index (κ3) is 3.95. The number of hydrogen-bond acceptors (Lipinski definition) is 1. The Labute approximate surface area is 136 Å². The van der Waals surface area contributed by atoms with Crippen LogP contribution in [0.1, 0.15) is 27.6 Å². The lowest BCUT2D eigenvalue weighted by Gasteiger charge is -2.15. The van der Waals surface area contributed by atoms with E-state index in [1.54, 1.807) is 12.1 Å². The first kappa shape index (κ1) is 16.2. The minimum absolute atomic E-state index is 0.126. The molecule has 5 heteroatoms. The van der Waals surface area contributed by atoms with Gasteiger partial charge < -0.3 is 4.74 Å². The fraction of sp³-hybridized carbons (Fsp3) is 0.250. The van der Waals surface area contributed by atoms with Gasteiger partial charge in [-0.2, -0.15) is 8.78 Å². The maximum atomic E-state index is 12.1. The molecule has 0 aliphatic rings. The van der Waals surface area contributed by atoms with Gasteiger partial charge in [-0.05, 0) is 54.3 Å². The lowest BCUT2D eigenvalue weighted by atomic mass is 9.98. The van der Waals surface area contributed by atoms with Crippen molar-refractivity contribution < 1.29 is 13.5 Å². The van der Waals surface area contributed by atoms with Crippen LogP contribution in [0, 0.1) is 13.8 Å². The number of rotatable bonds is 4. The third-order valence-electron chi connectivity index (χ3n) is 3.22. The zero-order chi connectivity index (χ0) is 15.6. The summed E-state index contributed by atoms with van der Waals surface area (Å²) in [5, 5.41) is -0.336. The highest BCUT2D eigenvalue weighted by Crippen LogP contribution is 2.34. The molecule has 0 bridgehead atoms. The normalized spacial score (nSPS) is 12.5. The molecule has 0 aromatic heterocycles. The Morgan fingerprint density at radius 1 is 1.05 bits per heavy atom. The number of ether oxygens (including phenoxy) is 1. The molecule has 0 saturated carbocycles. The second-order valence-electron chi connectivity index (χ2n) is 4.77. The molecule has 112 valence electrons. The highest BCUT2D eigenvalue weighted by molar-refractivity contribution is 9.10. The van der Waals surface area contributed by atoms with Crippen molar-refractivity contribution >= 4 is 27.5 Å². The topological polar surface area (TPSA) is 9.23 Å². The van der Waals surface area contributed by atoms with Crippen LogP contribution in [0.25, 0.3) is 0 Å². The van der Waals surface area contributed by atoms with Gasteiger partial charge in [-0.15, -0.1) is 11.6 Å². The second-order valence-corrected chi connectivity index (χ2v) is 6.06. The summed E-state index contributed by atoms with van der Waals surface area (Å²) in [7, 11) is 0. The quantitative estimate of drug-likeness (QED) is 0.596. The summed E-state index contributed by atoms with van der Waals surface area (Å²) in [6.07, 6.45) is 0. The SMILES string of the molecule is Cc1cc(C(Cl)c2ccc(OC(F)F)cc2)c(C)cc1Br. The van der Waals surface area contributed by atoms with Crippen molar-refractivity contribution in [2.24, 2.45) is 0 Å². The monoisotopic (exact) mass is 374 g/mol. The van der Waals surface area contributed by atoms with E-state index in [1.807, 2.05) is 26.0 Å². The van der Waals surface area contributed by atoms with Crippen molar-refractivity contribution in [1.29, 1.82) is 0 Å². The van der Waals surface area contributed by atoms with Crippen LogP contribution in [0.5, 0.6) is 5.75 Å². The molecule has 2 aromatic carbocycles. The van der Waals surface area contributed by atoms with Crippen LogP contribution >= 0.6 is 27.5 Å². The van der Waals surface area contributed by atoms with Crippen molar-refractivity contribution in [2.75, 3.05) is 0 Å². The first-order valence-corrected chi connectivity index (χ1v) is 7.57. The van der Waals surface area contributed by atoms with Gasteiger partial charge >= 0.3 is 6.61 Å². The molecule has 0 fully saturated rings. The van der Waals surface area contributed by atoms with E-state index in [4.69, 9.17) is 11.6 Å². The summed E-state index contributed by atoms with van der Waals surface area (Å²) in [6, 6.07) is 10.4. The summed E-state index contributed by atoms with van der Waals surface area (Å²) in [5.41, 5.74) is 4.00. The fourth-order valence-electron chi connectivity index (χ4n) is 2.07. The summed E-state index contributed by atoms with van der Waals surface area (Å²) in [4.78, 5) is 0. The predicted octanol–water partition coefficient (Wildman–Crippen LogP) is 6.00. The molecule has 0 aliphatic carbocycles. The van der Waals surface area contributed by atoms with Gasteiger partial charge in [0, 0.05) is 4.47 Å². The molecule has 1 nitrogen and oxygen atoms in total. The molecule has 2 rings (SSSR count). The number of alkyl halides is 3. The van der Waals surface area contributed by atoms with E-state index in [-0.39, 0.29) is 11.1 Å². The molecule has 0 amide bonds. The molecule has 2 aromatic rings. The van der Waals surface area contributed by atoms with E-state index < -0.39 is 6.61 Å². The Kier molecular flexibility index (Phi) is 5.22. The lowest BCUT2D eigenvalue weighted by molar-refractivity contribution is -0.0498. The molecule has 0 N–H and O–H groups in total. The van der Waals surface area contributed by atoms with Crippen LogP contribution in [0.2, 0.25) is 0 Å². The minimum Gasteiger partial charge on any atom is -0.435 e. The molecule has 0 spiro atoms. The number of benzene rings is 2. The summed E-state index contributed by atoms with van der Waals surface area (Å²) < 4.78 is 29.6. The van der Waals surface area contributed by atoms with Crippen LogP contribution in [-0.4, -0.2) is 6.61 Å². The lowest BCUT2D eigenvalue weighted by Crippen LogP contribution is -2.02.